The minimum absolute atomic E-state index is 0.0186. The molecule has 0 spiro atoms. The van der Waals surface area contributed by atoms with E-state index in [9.17, 15) is 4.79 Å². The van der Waals surface area contributed by atoms with E-state index < -0.39 is 0 Å². The largest absolute Gasteiger partial charge is 0.353 e. The maximum Gasteiger partial charge on any atom is 0.234 e. The molecule has 5 nitrogen and oxygen atoms in total. The highest BCUT2D eigenvalue weighted by Gasteiger charge is 2.04. The smallest absolute Gasteiger partial charge is 0.234 e. The zero-order valence-corrected chi connectivity index (χ0v) is 10.7. The Bertz CT molecular complexity index is 367. The number of nitrogens with one attached hydrogen (secondary N) is 2. The van der Waals surface area contributed by atoms with Gasteiger partial charge >= 0.3 is 0 Å². The van der Waals surface area contributed by atoms with Gasteiger partial charge in [0.15, 0.2) is 0 Å². The van der Waals surface area contributed by atoms with Gasteiger partial charge in [0, 0.05) is 18.8 Å². The molecule has 17 heavy (non-hydrogen) atoms. The molecule has 1 amide bonds. The fraction of sp³-hybridized carbons (Fsp3) is 0.583. The van der Waals surface area contributed by atoms with Gasteiger partial charge in [0.2, 0.25) is 5.91 Å². The summed E-state index contributed by atoms with van der Waals surface area (Å²) in [7, 11) is 0. The van der Waals surface area contributed by atoms with Gasteiger partial charge in [-0.05, 0) is 26.3 Å². The van der Waals surface area contributed by atoms with Crippen LogP contribution in [0, 0.1) is 6.92 Å². The van der Waals surface area contributed by atoms with E-state index in [-0.39, 0.29) is 11.9 Å². The van der Waals surface area contributed by atoms with Gasteiger partial charge in [0.25, 0.3) is 0 Å². The van der Waals surface area contributed by atoms with Crippen LogP contribution in [0.3, 0.4) is 0 Å². The molecule has 0 aliphatic rings. The molecule has 5 heteroatoms. The molecule has 1 aromatic rings. The monoisotopic (exact) mass is 236 g/mol. The van der Waals surface area contributed by atoms with Crippen LogP contribution in [0.4, 0.5) is 0 Å². The highest BCUT2D eigenvalue weighted by Crippen LogP contribution is 1.93. The van der Waals surface area contributed by atoms with Crippen molar-refractivity contribution in [2.45, 2.75) is 39.8 Å². The SMILES string of the molecule is CCC(C)NC(=O)CNCc1ccnc(C)n1. The lowest BCUT2D eigenvalue weighted by atomic mass is 10.2. The van der Waals surface area contributed by atoms with Gasteiger partial charge < -0.3 is 10.6 Å². The molecule has 0 saturated carbocycles. The Morgan fingerprint density at radius 3 is 2.94 bits per heavy atom. The van der Waals surface area contributed by atoms with Crippen molar-refractivity contribution >= 4 is 5.91 Å². The Balaban J connectivity index is 2.26. The minimum atomic E-state index is 0.0186. The Labute approximate surface area is 102 Å². The van der Waals surface area contributed by atoms with Crippen LogP contribution in [0.25, 0.3) is 0 Å². The van der Waals surface area contributed by atoms with Crippen molar-refractivity contribution in [2.75, 3.05) is 6.54 Å². The van der Waals surface area contributed by atoms with Gasteiger partial charge in [-0.1, -0.05) is 6.92 Å². The van der Waals surface area contributed by atoms with Crippen LogP contribution in [-0.2, 0) is 11.3 Å². The normalized spacial score (nSPS) is 12.2. The highest BCUT2D eigenvalue weighted by atomic mass is 16.1. The topological polar surface area (TPSA) is 66.9 Å². The third-order valence-electron chi connectivity index (χ3n) is 2.45. The average molecular weight is 236 g/mol. The lowest BCUT2D eigenvalue weighted by Gasteiger charge is -2.11. The van der Waals surface area contributed by atoms with Crippen LogP contribution < -0.4 is 10.6 Å². The first-order chi connectivity index (χ1) is 8.11. The summed E-state index contributed by atoms with van der Waals surface area (Å²) in [6.45, 7) is 6.78. The van der Waals surface area contributed by atoms with Crippen molar-refractivity contribution in [3.8, 4) is 0 Å². The number of nitrogens with zero attached hydrogens (tertiary/aromatic N) is 2. The maximum atomic E-state index is 11.5. The summed E-state index contributed by atoms with van der Waals surface area (Å²) in [5.41, 5.74) is 0.897. The molecule has 0 fully saturated rings. The lowest BCUT2D eigenvalue weighted by molar-refractivity contribution is -0.120. The van der Waals surface area contributed by atoms with Crippen LogP contribution in [-0.4, -0.2) is 28.5 Å². The number of carbonyl (C=O) groups is 1. The number of aromatic nitrogens is 2. The summed E-state index contributed by atoms with van der Waals surface area (Å²) in [6.07, 6.45) is 2.66. The second-order valence-electron chi connectivity index (χ2n) is 4.08. The van der Waals surface area contributed by atoms with E-state index in [1.807, 2.05) is 26.8 Å². The van der Waals surface area contributed by atoms with Crippen LogP contribution in [0.5, 0.6) is 0 Å². The van der Waals surface area contributed by atoms with Crippen molar-refractivity contribution in [3.63, 3.8) is 0 Å². The van der Waals surface area contributed by atoms with Gasteiger partial charge in [-0.15, -0.1) is 0 Å². The van der Waals surface area contributed by atoms with E-state index in [2.05, 4.69) is 20.6 Å². The summed E-state index contributed by atoms with van der Waals surface area (Å²) in [6, 6.07) is 2.07. The Morgan fingerprint density at radius 2 is 2.29 bits per heavy atom. The van der Waals surface area contributed by atoms with Crippen molar-refractivity contribution in [1.82, 2.24) is 20.6 Å². The van der Waals surface area contributed by atoms with Crippen LogP contribution in [0.15, 0.2) is 12.3 Å². The van der Waals surface area contributed by atoms with Crippen LogP contribution >= 0.6 is 0 Å². The molecule has 0 radical (unpaired) electrons. The number of hydrogen-bond acceptors (Lipinski definition) is 4. The van der Waals surface area contributed by atoms with Crippen molar-refractivity contribution in [2.24, 2.45) is 0 Å². The fourth-order valence-electron chi connectivity index (χ4n) is 1.34. The summed E-state index contributed by atoms with van der Waals surface area (Å²) in [4.78, 5) is 19.7. The molecule has 1 atom stereocenters. The molecule has 1 heterocycles. The molecule has 0 bridgehead atoms. The summed E-state index contributed by atoms with van der Waals surface area (Å²) < 4.78 is 0. The van der Waals surface area contributed by atoms with Gasteiger partial charge in [0.05, 0.1) is 12.2 Å². The molecular weight excluding hydrogens is 216 g/mol. The maximum absolute atomic E-state index is 11.5. The Morgan fingerprint density at radius 1 is 1.53 bits per heavy atom. The second kappa shape index (κ2) is 6.96. The van der Waals surface area contributed by atoms with E-state index >= 15 is 0 Å². The summed E-state index contributed by atoms with van der Waals surface area (Å²) >= 11 is 0. The lowest BCUT2D eigenvalue weighted by Crippen LogP contribution is -2.38. The van der Waals surface area contributed by atoms with E-state index in [1.54, 1.807) is 6.20 Å². The van der Waals surface area contributed by atoms with Gasteiger partial charge in [-0.2, -0.15) is 0 Å². The molecule has 0 aromatic carbocycles. The molecule has 0 saturated heterocycles. The predicted molar refractivity (Wildman–Crippen MR) is 66.4 cm³/mol. The molecule has 94 valence electrons. The summed E-state index contributed by atoms with van der Waals surface area (Å²) in [5.74, 6) is 0.762. The van der Waals surface area contributed by atoms with Gasteiger partial charge in [0.1, 0.15) is 5.82 Å². The summed E-state index contributed by atoms with van der Waals surface area (Å²) in [5, 5.41) is 5.95. The van der Waals surface area contributed by atoms with Gasteiger partial charge in [-0.3, -0.25) is 4.79 Å². The molecule has 2 N–H and O–H groups in total. The fourth-order valence-corrected chi connectivity index (χ4v) is 1.34. The van der Waals surface area contributed by atoms with Crippen molar-refractivity contribution in [1.29, 1.82) is 0 Å². The Kier molecular flexibility index (Phi) is 5.56. The van der Waals surface area contributed by atoms with E-state index in [0.29, 0.717) is 13.1 Å². The number of aryl methyl sites for hydroxylation is 1. The predicted octanol–water partition coefficient (Wildman–Crippen LogP) is 0.789. The van der Waals surface area contributed by atoms with Gasteiger partial charge in [-0.25, -0.2) is 9.97 Å². The number of amides is 1. The zero-order chi connectivity index (χ0) is 12.7. The molecular formula is C12H20N4O. The van der Waals surface area contributed by atoms with Crippen LogP contribution in [0.2, 0.25) is 0 Å². The number of hydrogen-bond donors (Lipinski definition) is 2. The first-order valence-electron chi connectivity index (χ1n) is 5.90. The number of rotatable bonds is 6. The van der Waals surface area contributed by atoms with E-state index in [1.165, 1.54) is 0 Å². The Hall–Kier alpha value is -1.49. The third-order valence-corrected chi connectivity index (χ3v) is 2.45. The first kappa shape index (κ1) is 13.6. The molecule has 1 rings (SSSR count). The quantitative estimate of drug-likeness (QED) is 0.766. The third kappa shape index (κ3) is 5.40. The second-order valence-corrected chi connectivity index (χ2v) is 4.08. The van der Waals surface area contributed by atoms with Crippen molar-refractivity contribution in [3.05, 3.63) is 23.8 Å². The first-order valence-corrected chi connectivity index (χ1v) is 5.90. The van der Waals surface area contributed by atoms with Crippen LogP contribution in [0.1, 0.15) is 31.8 Å². The highest BCUT2D eigenvalue weighted by molar-refractivity contribution is 5.78. The molecule has 0 aliphatic carbocycles. The van der Waals surface area contributed by atoms with E-state index in [4.69, 9.17) is 0 Å². The standard InChI is InChI=1S/C12H20N4O/c1-4-9(2)15-12(17)8-13-7-11-5-6-14-10(3)16-11/h5-6,9,13H,4,7-8H2,1-3H3,(H,15,17). The minimum Gasteiger partial charge on any atom is -0.353 e. The molecule has 1 unspecified atom stereocenters. The molecule has 0 aliphatic heterocycles. The van der Waals surface area contributed by atoms with E-state index in [0.717, 1.165) is 17.9 Å². The average Bonchev–Trinajstić information content (AvgIpc) is 2.29. The number of carbonyl (C=O) groups excluding carboxylic acids is 1. The zero-order valence-electron chi connectivity index (χ0n) is 10.7. The molecule has 1 aromatic heterocycles. The van der Waals surface area contributed by atoms with Crippen molar-refractivity contribution < 1.29 is 4.79 Å².